The van der Waals surface area contributed by atoms with E-state index in [-0.39, 0.29) is 22.8 Å². The number of H-pyrrole nitrogens is 1. The molecule has 1 atom stereocenters. The van der Waals surface area contributed by atoms with Crippen LogP contribution in [0.5, 0.6) is 0 Å². The summed E-state index contributed by atoms with van der Waals surface area (Å²) in [5.74, 6) is 0.375. The summed E-state index contributed by atoms with van der Waals surface area (Å²) in [5, 5.41) is 13.8. The highest BCUT2D eigenvalue weighted by atomic mass is 32.2. The lowest BCUT2D eigenvalue weighted by molar-refractivity contribution is -0.384. The molecule has 1 unspecified atom stereocenters. The minimum atomic E-state index is -0.447. The van der Waals surface area contributed by atoms with Gasteiger partial charge in [-0.2, -0.15) is 0 Å². The Morgan fingerprint density at radius 1 is 1.30 bits per heavy atom. The number of hydrogen-bond acceptors (Lipinski definition) is 7. The van der Waals surface area contributed by atoms with Gasteiger partial charge >= 0.3 is 5.97 Å². The van der Waals surface area contributed by atoms with Crippen molar-refractivity contribution in [2.45, 2.75) is 12.3 Å². The van der Waals surface area contributed by atoms with Gasteiger partial charge in [0.25, 0.3) is 5.69 Å². The summed E-state index contributed by atoms with van der Waals surface area (Å²) >= 11 is 1.33. The SMILES string of the molecule is CCOC(=O)CSC(Nc1nc2ccccc2[nH]1)c1ccc([N+](=O)[O-])cc1. The Hall–Kier alpha value is -3.07. The van der Waals surface area contributed by atoms with Gasteiger partial charge < -0.3 is 15.0 Å². The van der Waals surface area contributed by atoms with Crippen LogP contribution in [-0.4, -0.2) is 33.2 Å². The van der Waals surface area contributed by atoms with E-state index in [0.29, 0.717) is 12.6 Å². The molecule has 0 bridgehead atoms. The number of carbonyl (C=O) groups excluding carboxylic acids is 1. The molecule has 0 amide bonds. The van der Waals surface area contributed by atoms with Crippen LogP contribution in [0.4, 0.5) is 11.6 Å². The summed E-state index contributed by atoms with van der Waals surface area (Å²) in [4.78, 5) is 29.8. The summed E-state index contributed by atoms with van der Waals surface area (Å²) in [6, 6.07) is 13.8. The number of carbonyl (C=O) groups is 1. The first-order chi connectivity index (χ1) is 13.1. The molecular formula is C18H18N4O4S. The lowest BCUT2D eigenvalue weighted by Crippen LogP contribution is -2.13. The van der Waals surface area contributed by atoms with Crippen molar-refractivity contribution in [3.8, 4) is 0 Å². The zero-order chi connectivity index (χ0) is 19.2. The maximum atomic E-state index is 11.7. The molecule has 9 heteroatoms. The van der Waals surface area contributed by atoms with E-state index in [0.717, 1.165) is 16.6 Å². The van der Waals surface area contributed by atoms with E-state index in [1.165, 1.54) is 23.9 Å². The van der Waals surface area contributed by atoms with Crippen LogP contribution in [0.15, 0.2) is 48.5 Å². The molecule has 0 saturated carbocycles. The third kappa shape index (κ3) is 4.76. The van der Waals surface area contributed by atoms with Crippen LogP contribution in [-0.2, 0) is 9.53 Å². The Morgan fingerprint density at radius 2 is 2.04 bits per heavy atom. The van der Waals surface area contributed by atoms with Crippen LogP contribution in [0.25, 0.3) is 11.0 Å². The number of hydrogen-bond donors (Lipinski definition) is 2. The third-order valence-corrected chi connectivity index (χ3v) is 4.86. The minimum absolute atomic E-state index is 0.0108. The van der Waals surface area contributed by atoms with Gasteiger partial charge in [0.1, 0.15) is 5.37 Å². The number of aromatic nitrogens is 2. The first kappa shape index (κ1) is 18.7. The molecule has 0 saturated heterocycles. The zero-order valence-electron chi connectivity index (χ0n) is 14.5. The number of nitro groups is 1. The predicted octanol–water partition coefficient (Wildman–Crippen LogP) is 3.88. The molecule has 0 fully saturated rings. The smallest absolute Gasteiger partial charge is 0.315 e. The highest BCUT2D eigenvalue weighted by molar-refractivity contribution is 8.00. The quantitative estimate of drug-likeness (QED) is 0.262. The van der Waals surface area contributed by atoms with E-state index in [2.05, 4.69) is 15.3 Å². The van der Waals surface area contributed by atoms with Gasteiger partial charge in [-0.25, -0.2) is 4.98 Å². The second kappa shape index (κ2) is 8.54. The molecule has 0 spiro atoms. The van der Waals surface area contributed by atoms with Gasteiger partial charge in [0.05, 0.1) is 28.3 Å². The molecule has 0 radical (unpaired) electrons. The highest BCUT2D eigenvalue weighted by Gasteiger charge is 2.18. The first-order valence-corrected chi connectivity index (χ1v) is 9.34. The molecule has 1 heterocycles. The fourth-order valence-electron chi connectivity index (χ4n) is 2.49. The van der Waals surface area contributed by atoms with Crippen LogP contribution in [0, 0.1) is 10.1 Å². The normalized spacial score (nSPS) is 11.9. The van der Waals surface area contributed by atoms with Gasteiger partial charge in [-0.05, 0) is 36.8 Å². The van der Waals surface area contributed by atoms with Gasteiger partial charge in [-0.1, -0.05) is 12.1 Å². The van der Waals surface area contributed by atoms with Gasteiger partial charge in [-0.15, -0.1) is 11.8 Å². The standard InChI is InChI=1S/C18H18N4O4S/c1-2-26-16(23)11-27-17(12-7-9-13(10-8-12)22(24)25)21-18-19-14-5-3-4-6-15(14)20-18/h3-10,17H,2,11H2,1H3,(H2,19,20,21). The average Bonchev–Trinajstić information content (AvgIpc) is 3.08. The van der Waals surface area contributed by atoms with Crippen molar-refractivity contribution in [1.82, 2.24) is 9.97 Å². The number of esters is 1. The van der Waals surface area contributed by atoms with Crippen molar-refractivity contribution in [2.24, 2.45) is 0 Å². The highest BCUT2D eigenvalue weighted by Crippen LogP contribution is 2.31. The molecule has 8 nitrogen and oxygen atoms in total. The van der Waals surface area contributed by atoms with E-state index >= 15 is 0 Å². The Balaban J connectivity index is 1.81. The van der Waals surface area contributed by atoms with Crippen molar-refractivity contribution < 1.29 is 14.5 Å². The lowest BCUT2D eigenvalue weighted by Gasteiger charge is -2.18. The van der Waals surface area contributed by atoms with E-state index in [4.69, 9.17) is 4.74 Å². The maximum absolute atomic E-state index is 11.7. The lowest BCUT2D eigenvalue weighted by atomic mass is 10.2. The second-order valence-electron chi connectivity index (χ2n) is 5.59. The van der Waals surface area contributed by atoms with Gasteiger partial charge in [0.2, 0.25) is 5.95 Å². The number of thioether (sulfide) groups is 1. The number of anilines is 1. The largest absolute Gasteiger partial charge is 0.465 e. The second-order valence-corrected chi connectivity index (χ2v) is 6.69. The average molecular weight is 386 g/mol. The summed E-state index contributed by atoms with van der Waals surface area (Å²) < 4.78 is 4.98. The molecular weight excluding hydrogens is 368 g/mol. The van der Waals surface area contributed by atoms with Crippen LogP contribution in [0.1, 0.15) is 17.9 Å². The fraction of sp³-hybridized carbons (Fsp3) is 0.222. The number of nitro benzene ring substituents is 1. The Morgan fingerprint density at radius 3 is 2.70 bits per heavy atom. The predicted molar refractivity (Wildman–Crippen MR) is 105 cm³/mol. The summed E-state index contributed by atoms with van der Waals surface area (Å²) in [6.07, 6.45) is 0. The topological polar surface area (TPSA) is 110 Å². The summed E-state index contributed by atoms with van der Waals surface area (Å²) in [6.45, 7) is 2.07. The molecule has 0 aliphatic rings. The zero-order valence-corrected chi connectivity index (χ0v) is 15.4. The molecule has 140 valence electrons. The molecule has 1 aromatic heterocycles. The molecule has 0 aliphatic heterocycles. The fourth-order valence-corrected chi connectivity index (χ4v) is 3.42. The monoisotopic (exact) mass is 386 g/mol. The number of non-ortho nitro benzene ring substituents is 1. The third-order valence-electron chi connectivity index (χ3n) is 3.74. The number of para-hydroxylation sites is 2. The van der Waals surface area contributed by atoms with Crippen molar-refractivity contribution in [3.05, 3.63) is 64.2 Å². The van der Waals surface area contributed by atoms with Crippen molar-refractivity contribution >= 4 is 40.4 Å². The van der Waals surface area contributed by atoms with Crippen molar-refractivity contribution in [3.63, 3.8) is 0 Å². The number of fused-ring (bicyclic) bond motifs is 1. The number of benzene rings is 2. The Bertz CT molecular complexity index is 909. The maximum Gasteiger partial charge on any atom is 0.315 e. The number of nitrogens with one attached hydrogen (secondary N) is 2. The van der Waals surface area contributed by atoms with Gasteiger partial charge in [0.15, 0.2) is 0 Å². The first-order valence-electron chi connectivity index (χ1n) is 8.29. The Kier molecular flexibility index (Phi) is 5.92. The minimum Gasteiger partial charge on any atom is -0.465 e. The number of rotatable bonds is 8. The van der Waals surface area contributed by atoms with Crippen LogP contribution >= 0.6 is 11.8 Å². The molecule has 3 aromatic rings. The summed E-state index contributed by atoms with van der Waals surface area (Å²) in [5.41, 5.74) is 2.50. The van der Waals surface area contributed by atoms with E-state index < -0.39 is 4.92 Å². The number of nitrogens with zero attached hydrogens (tertiary/aromatic N) is 2. The molecule has 0 aliphatic carbocycles. The van der Waals surface area contributed by atoms with Crippen molar-refractivity contribution in [2.75, 3.05) is 17.7 Å². The molecule has 2 N–H and O–H groups in total. The number of ether oxygens (including phenoxy) is 1. The van der Waals surface area contributed by atoms with Crippen LogP contribution < -0.4 is 5.32 Å². The summed E-state index contributed by atoms with van der Waals surface area (Å²) in [7, 11) is 0. The van der Waals surface area contributed by atoms with E-state index in [9.17, 15) is 14.9 Å². The van der Waals surface area contributed by atoms with E-state index in [1.54, 1.807) is 19.1 Å². The van der Waals surface area contributed by atoms with Crippen molar-refractivity contribution in [1.29, 1.82) is 0 Å². The van der Waals surface area contributed by atoms with Gasteiger partial charge in [0, 0.05) is 12.1 Å². The molecule has 27 heavy (non-hydrogen) atoms. The molecule has 3 rings (SSSR count). The van der Waals surface area contributed by atoms with Crippen LogP contribution in [0.3, 0.4) is 0 Å². The van der Waals surface area contributed by atoms with E-state index in [1.807, 2.05) is 24.3 Å². The van der Waals surface area contributed by atoms with Gasteiger partial charge in [-0.3, -0.25) is 14.9 Å². The Labute approximate surface area is 159 Å². The molecule has 2 aromatic carbocycles. The number of aromatic amines is 1. The van der Waals surface area contributed by atoms with Crippen LogP contribution in [0.2, 0.25) is 0 Å². The number of imidazole rings is 1.